The van der Waals surface area contributed by atoms with Gasteiger partial charge in [0.05, 0.1) is 0 Å². The van der Waals surface area contributed by atoms with Gasteiger partial charge in [-0.3, -0.25) is 4.79 Å². The van der Waals surface area contributed by atoms with Gasteiger partial charge in [-0.2, -0.15) is 0 Å². The Hall–Kier alpha value is -1.51. The lowest BCUT2D eigenvalue weighted by Gasteiger charge is -2.39. The van der Waals surface area contributed by atoms with E-state index in [0.717, 1.165) is 62.8 Å². The van der Waals surface area contributed by atoms with Crippen LogP contribution in [0.15, 0.2) is 0 Å². The van der Waals surface area contributed by atoms with E-state index in [9.17, 15) is 4.79 Å². The number of amides is 1. The first-order valence-electron chi connectivity index (χ1n) is 16.5. The van der Waals surface area contributed by atoms with Crippen LogP contribution in [-0.4, -0.2) is 18.1 Å². The maximum absolute atomic E-state index is 11.8. The van der Waals surface area contributed by atoms with Crippen molar-refractivity contribution in [2.45, 2.75) is 164 Å². The first-order valence-corrected chi connectivity index (χ1v) is 16.5. The first kappa shape index (κ1) is 33.7. The van der Waals surface area contributed by atoms with Gasteiger partial charge in [0.2, 0.25) is 5.91 Å². The highest BCUT2D eigenvalue weighted by Crippen LogP contribution is 2.43. The van der Waals surface area contributed by atoms with E-state index >= 15 is 0 Å². The molecule has 3 atom stereocenters. The highest BCUT2D eigenvalue weighted by Gasteiger charge is 2.34. The molecule has 0 unspecified atom stereocenters. The van der Waals surface area contributed by atoms with Crippen LogP contribution in [0.3, 0.4) is 0 Å². The van der Waals surface area contributed by atoms with E-state index in [1.807, 2.05) is 6.92 Å². The molecule has 0 aromatic heterocycles. The predicted molar refractivity (Wildman–Crippen MR) is 169 cm³/mol. The van der Waals surface area contributed by atoms with Gasteiger partial charge in [0.15, 0.2) is 0 Å². The maximum Gasteiger partial charge on any atom is 0.219 e. The second kappa shape index (κ2) is 16.7. The van der Waals surface area contributed by atoms with Gasteiger partial charge in [0.1, 0.15) is 11.4 Å². The summed E-state index contributed by atoms with van der Waals surface area (Å²) in [4.78, 5) is 11.8. The number of nitrogens with one attached hydrogen (secondary N) is 1. The summed E-state index contributed by atoms with van der Waals surface area (Å²) in [6.45, 7) is 21.4. The molecular weight excluding hydrogens is 478 g/mol. The molecule has 1 N–H and O–H groups in total. The van der Waals surface area contributed by atoms with Crippen LogP contribution in [0.4, 0.5) is 0 Å². The van der Waals surface area contributed by atoms with Crippen molar-refractivity contribution in [2.24, 2.45) is 17.8 Å². The van der Waals surface area contributed by atoms with E-state index < -0.39 is 0 Å². The van der Waals surface area contributed by atoms with Crippen molar-refractivity contribution >= 4 is 5.91 Å². The summed E-state index contributed by atoms with van der Waals surface area (Å²) in [6, 6.07) is 0. The van der Waals surface area contributed by atoms with E-state index in [2.05, 4.69) is 60.7 Å². The first-order chi connectivity index (χ1) is 18.5. The summed E-state index contributed by atoms with van der Waals surface area (Å²) < 4.78 is 6.85. The second-order valence-corrected chi connectivity index (χ2v) is 13.7. The molecule has 0 radical (unpaired) electrons. The van der Waals surface area contributed by atoms with Crippen molar-refractivity contribution in [3.8, 4) is 5.75 Å². The fourth-order valence-electron chi connectivity index (χ4n) is 6.61. The SMILES string of the molecule is CCNC(=O)CCCCc1c(C)c(C)c2c(c1C)CC[C@@](C)(CCC[C@H](C)CCC[C@H](C)CCCC(C)C)O2. The van der Waals surface area contributed by atoms with Gasteiger partial charge >= 0.3 is 0 Å². The normalized spacial score (nSPS) is 18.5. The third-order valence-electron chi connectivity index (χ3n) is 9.52. The van der Waals surface area contributed by atoms with Crippen molar-refractivity contribution in [3.05, 3.63) is 27.8 Å². The number of carbonyl (C=O) groups excluding carboxylic acids is 1. The topological polar surface area (TPSA) is 38.3 Å². The largest absolute Gasteiger partial charge is 0.487 e. The summed E-state index contributed by atoms with van der Waals surface area (Å²) in [5.41, 5.74) is 7.02. The lowest BCUT2D eigenvalue weighted by molar-refractivity contribution is -0.121. The van der Waals surface area contributed by atoms with Gasteiger partial charge in [0.25, 0.3) is 0 Å². The van der Waals surface area contributed by atoms with Gasteiger partial charge in [-0.15, -0.1) is 0 Å². The van der Waals surface area contributed by atoms with Gasteiger partial charge in [-0.25, -0.2) is 0 Å². The number of carbonyl (C=O) groups is 1. The minimum atomic E-state index is -0.0462. The highest BCUT2D eigenvalue weighted by molar-refractivity contribution is 5.75. The Kier molecular flexibility index (Phi) is 14.4. The smallest absolute Gasteiger partial charge is 0.219 e. The molecule has 2 rings (SSSR count). The van der Waals surface area contributed by atoms with Gasteiger partial charge in [0, 0.05) is 13.0 Å². The predicted octanol–water partition coefficient (Wildman–Crippen LogP) is 9.98. The molecule has 1 aromatic carbocycles. The van der Waals surface area contributed by atoms with Crippen LogP contribution in [-0.2, 0) is 17.6 Å². The summed E-state index contributed by atoms with van der Waals surface area (Å²) >= 11 is 0. The van der Waals surface area contributed by atoms with Crippen LogP contribution in [0.2, 0.25) is 0 Å². The molecule has 0 saturated heterocycles. The standard InChI is InChI=1S/C36H63NO2/c1-10-37-34(38)22-12-11-21-32-29(6)30(7)35-33(31(32)8)23-25-36(9,39-35)24-15-20-28(5)19-14-18-27(4)17-13-16-26(2)3/h26-28H,10-25H2,1-9H3,(H,37,38)/t27-,28-,36-/m1/s1. The van der Waals surface area contributed by atoms with E-state index in [0.29, 0.717) is 6.42 Å². The molecule has 0 spiro atoms. The molecule has 1 heterocycles. The van der Waals surface area contributed by atoms with E-state index in [4.69, 9.17) is 4.74 Å². The zero-order chi connectivity index (χ0) is 29.0. The number of hydrogen-bond donors (Lipinski definition) is 1. The molecule has 0 bridgehead atoms. The Morgan fingerprint density at radius 3 is 2.08 bits per heavy atom. The molecular formula is C36H63NO2. The maximum atomic E-state index is 11.8. The number of rotatable bonds is 18. The Bertz CT molecular complexity index is 889. The van der Waals surface area contributed by atoms with Crippen molar-refractivity contribution < 1.29 is 9.53 Å². The Labute approximate surface area is 242 Å². The fraction of sp³-hybridized carbons (Fsp3) is 0.806. The molecule has 1 amide bonds. The molecule has 0 aliphatic carbocycles. The molecule has 224 valence electrons. The molecule has 39 heavy (non-hydrogen) atoms. The highest BCUT2D eigenvalue weighted by atomic mass is 16.5. The average molecular weight is 542 g/mol. The Morgan fingerprint density at radius 2 is 1.46 bits per heavy atom. The number of fused-ring (bicyclic) bond motifs is 1. The van der Waals surface area contributed by atoms with Crippen molar-refractivity contribution in [2.75, 3.05) is 6.54 Å². The van der Waals surface area contributed by atoms with Crippen LogP contribution in [0.1, 0.15) is 153 Å². The summed E-state index contributed by atoms with van der Waals surface area (Å²) in [6.07, 6.45) is 18.0. The molecule has 1 aromatic rings. The quantitative estimate of drug-likeness (QED) is 0.188. The Balaban J connectivity index is 1.82. The van der Waals surface area contributed by atoms with Crippen molar-refractivity contribution in [3.63, 3.8) is 0 Å². The number of hydrogen-bond acceptors (Lipinski definition) is 2. The monoisotopic (exact) mass is 541 g/mol. The zero-order valence-corrected chi connectivity index (χ0v) is 27.4. The number of benzene rings is 1. The van der Waals surface area contributed by atoms with Crippen LogP contribution < -0.4 is 10.1 Å². The zero-order valence-electron chi connectivity index (χ0n) is 27.4. The number of ether oxygens (including phenoxy) is 1. The minimum absolute atomic E-state index is 0.0462. The van der Waals surface area contributed by atoms with Gasteiger partial charge in [-0.05, 0) is 125 Å². The summed E-state index contributed by atoms with van der Waals surface area (Å²) in [7, 11) is 0. The average Bonchev–Trinajstić information content (AvgIpc) is 2.86. The van der Waals surface area contributed by atoms with Gasteiger partial charge < -0.3 is 10.1 Å². The Morgan fingerprint density at radius 1 is 0.846 bits per heavy atom. The lowest BCUT2D eigenvalue weighted by atomic mass is 9.81. The lowest BCUT2D eigenvalue weighted by Crippen LogP contribution is -2.37. The fourth-order valence-corrected chi connectivity index (χ4v) is 6.61. The molecule has 3 heteroatoms. The third-order valence-corrected chi connectivity index (χ3v) is 9.52. The molecule has 0 fully saturated rings. The summed E-state index contributed by atoms with van der Waals surface area (Å²) in [5, 5.41) is 2.91. The number of unbranched alkanes of at least 4 members (excludes halogenated alkanes) is 1. The molecule has 0 saturated carbocycles. The second-order valence-electron chi connectivity index (χ2n) is 13.7. The van der Waals surface area contributed by atoms with E-state index in [1.165, 1.54) is 84.9 Å². The van der Waals surface area contributed by atoms with Crippen LogP contribution in [0.25, 0.3) is 0 Å². The minimum Gasteiger partial charge on any atom is -0.487 e. The molecule has 1 aliphatic heterocycles. The summed E-state index contributed by atoms with van der Waals surface area (Å²) in [5.74, 6) is 3.89. The van der Waals surface area contributed by atoms with Crippen LogP contribution in [0, 0.1) is 38.5 Å². The van der Waals surface area contributed by atoms with Crippen LogP contribution >= 0.6 is 0 Å². The van der Waals surface area contributed by atoms with Crippen molar-refractivity contribution in [1.29, 1.82) is 0 Å². The van der Waals surface area contributed by atoms with E-state index in [1.54, 1.807) is 0 Å². The third kappa shape index (κ3) is 11.1. The molecule has 3 nitrogen and oxygen atoms in total. The molecule has 1 aliphatic rings. The van der Waals surface area contributed by atoms with Crippen LogP contribution in [0.5, 0.6) is 5.75 Å². The van der Waals surface area contributed by atoms with Crippen molar-refractivity contribution in [1.82, 2.24) is 5.32 Å². The van der Waals surface area contributed by atoms with Gasteiger partial charge in [-0.1, -0.05) is 72.6 Å². The van der Waals surface area contributed by atoms with E-state index in [-0.39, 0.29) is 11.5 Å².